The molecule has 0 saturated carbocycles. The van der Waals surface area contributed by atoms with Gasteiger partial charge in [0, 0.05) is 24.7 Å². The van der Waals surface area contributed by atoms with E-state index in [2.05, 4.69) is 4.98 Å². The van der Waals surface area contributed by atoms with E-state index in [1.165, 1.54) is 0 Å². The summed E-state index contributed by atoms with van der Waals surface area (Å²) in [4.78, 5) is 18.1. The molecule has 2 atom stereocenters. The molecule has 1 fully saturated rings. The molecule has 1 aromatic heterocycles. The first-order valence-electron chi connectivity index (χ1n) is 8.63. The fourth-order valence-electron chi connectivity index (χ4n) is 3.63. The Bertz CT molecular complexity index is 855. The number of hydrogen-bond acceptors (Lipinski definition) is 6. The zero-order chi connectivity index (χ0) is 18.3. The molecule has 1 aromatic carbocycles. The molecule has 2 aliphatic heterocycles. The Hall–Kier alpha value is -2.80. The summed E-state index contributed by atoms with van der Waals surface area (Å²) in [6.45, 7) is 3.15. The fourth-order valence-corrected chi connectivity index (χ4v) is 3.63. The molecule has 0 aliphatic carbocycles. The Labute approximate surface area is 151 Å². The number of piperidine rings is 1. The van der Waals surface area contributed by atoms with Crippen molar-refractivity contribution in [3.63, 3.8) is 0 Å². The molecule has 7 nitrogen and oxygen atoms in total. The van der Waals surface area contributed by atoms with Crippen LogP contribution in [0.15, 0.2) is 30.3 Å². The lowest BCUT2D eigenvalue weighted by Gasteiger charge is -2.37. The molecule has 136 valence electrons. The van der Waals surface area contributed by atoms with Gasteiger partial charge in [-0.15, -0.1) is 0 Å². The number of aliphatic hydroxyl groups is 1. The Kier molecular flexibility index (Phi) is 4.16. The second-order valence-electron chi connectivity index (χ2n) is 6.71. The smallest absolute Gasteiger partial charge is 0.252 e. The van der Waals surface area contributed by atoms with Crippen molar-refractivity contribution in [2.75, 3.05) is 24.8 Å². The third-order valence-electron chi connectivity index (χ3n) is 4.99. The highest BCUT2D eigenvalue weighted by Gasteiger charge is 2.32. The molecular weight excluding hydrogens is 334 g/mol. The van der Waals surface area contributed by atoms with Crippen LogP contribution < -0.4 is 20.1 Å². The summed E-state index contributed by atoms with van der Waals surface area (Å²) in [5, 5.41) is 10.7. The molecule has 0 spiro atoms. The summed E-state index contributed by atoms with van der Waals surface area (Å²) in [5.41, 5.74) is 7.69. The predicted octanol–water partition coefficient (Wildman–Crippen LogP) is 1.57. The first-order valence-corrected chi connectivity index (χ1v) is 8.63. The molecule has 2 aliphatic rings. The number of primary amides is 1. The van der Waals surface area contributed by atoms with Crippen LogP contribution in [0.4, 0.5) is 5.82 Å². The number of nitrogens with two attached hydrogens (primary N) is 1. The number of aromatic nitrogens is 1. The quantitative estimate of drug-likeness (QED) is 0.867. The zero-order valence-electron chi connectivity index (χ0n) is 14.5. The minimum atomic E-state index is -0.591. The highest BCUT2D eigenvalue weighted by molar-refractivity contribution is 5.97. The molecule has 3 heterocycles. The third kappa shape index (κ3) is 2.94. The van der Waals surface area contributed by atoms with Gasteiger partial charge in [0.1, 0.15) is 5.82 Å². The van der Waals surface area contributed by atoms with Crippen molar-refractivity contribution in [2.24, 2.45) is 5.73 Å². The lowest BCUT2D eigenvalue weighted by molar-refractivity contribution is 0.0998. The van der Waals surface area contributed by atoms with Gasteiger partial charge in [0.2, 0.25) is 6.79 Å². The minimum Gasteiger partial charge on any atom is -0.454 e. The van der Waals surface area contributed by atoms with Crippen molar-refractivity contribution in [3.05, 3.63) is 47.2 Å². The number of pyridine rings is 1. The molecule has 0 radical (unpaired) electrons. The van der Waals surface area contributed by atoms with Gasteiger partial charge in [-0.1, -0.05) is 6.07 Å². The minimum absolute atomic E-state index is 0.0115. The van der Waals surface area contributed by atoms with Crippen molar-refractivity contribution in [1.29, 1.82) is 0 Å². The van der Waals surface area contributed by atoms with Gasteiger partial charge in [-0.25, -0.2) is 4.98 Å². The van der Waals surface area contributed by atoms with E-state index >= 15 is 0 Å². The Balaban J connectivity index is 1.56. The van der Waals surface area contributed by atoms with Gasteiger partial charge in [0.25, 0.3) is 5.91 Å². The number of hydrogen-bond donors (Lipinski definition) is 2. The normalized spacial score (nSPS) is 21.7. The molecule has 0 bridgehead atoms. The van der Waals surface area contributed by atoms with E-state index in [-0.39, 0.29) is 12.7 Å². The van der Waals surface area contributed by atoms with E-state index in [1.807, 2.05) is 30.0 Å². The van der Waals surface area contributed by atoms with Gasteiger partial charge in [-0.2, -0.15) is 0 Å². The van der Waals surface area contributed by atoms with Gasteiger partial charge in [-0.3, -0.25) is 4.79 Å². The molecule has 3 N–H and O–H groups in total. The number of nitrogens with zero attached hydrogens (tertiary/aromatic N) is 2. The molecule has 1 amide bonds. The fraction of sp³-hybridized carbons (Fsp3) is 0.368. The highest BCUT2D eigenvalue weighted by atomic mass is 16.7. The van der Waals surface area contributed by atoms with Crippen molar-refractivity contribution in [2.45, 2.75) is 25.4 Å². The number of anilines is 1. The SMILES string of the molecule is Cc1ccc(C(N)=O)c(N2CC[C@@H](c3ccc4c(c3)OCO4)[C@H](O)C2)n1. The molecule has 0 unspecified atom stereocenters. The molecule has 2 aromatic rings. The average Bonchev–Trinajstić information content (AvgIpc) is 3.09. The molecule has 7 heteroatoms. The third-order valence-corrected chi connectivity index (χ3v) is 4.99. The predicted molar refractivity (Wildman–Crippen MR) is 95.6 cm³/mol. The number of aliphatic hydroxyl groups excluding tert-OH is 1. The number of fused-ring (bicyclic) bond motifs is 1. The largest absolute Gasteiger partial charge is 0.454 e. The van der Waals surface area contributed by atoms with E-state index < -0.39 is 12.0 Å². The van der Waals surface area contributed by atoms with Gasteiger partial charge < -0.3 is 25.2 Å². The number of carbonyl (C=O) groups excluding carboxylic acids is 1. The van der Waals surface area contributed by atoms with Crippen LogP contribution in [0.25, 0.3) is 0 Å². The van der Waals surface area contributed by atoms with Crippen LogP contribution in [0, 0.1) is 6.92 Å². The zero-order valence-corrected chi connectivity index (χ0v) is 14.5. The first-order chi connectivity index (χ1) is 12.5. The first kappa shape index (κ1) is 16.7. The van der Waals surface area contributed by atoms with Crippen LogP contribution in [0.3, 0.4) is 0 Å². The molecule has 1 saturated heterocycles. The van der Waals surface area contributed by atoms with Gasteiger partial charge in [0.15, 0.2) is 11.5 Å². The summed E-state index contributed by atoms with van der Waals surface area (Å²) in [6.07, 6.45) is 0.140. The van der Waals surface area contributed by atoms with Crippen LogP contribution in [-0.2, 0) is 0 Å². The number of aryl methyl sites for hydroxylation is 1. The molecule has 26 heavy (non-hydrogen) atoms. The van der Waals surface area contributed by atoms with E-state index in [0.717, 1.165) is 23.4 Å². The van der Waals surface area contributed by atoms with Crippen LogP contribution in [0.2, 0.25) is 0 Å². The van der Waals surface area contributed by atoms with Crippen LogP contribution in [0.1, 0.15) is 34.0 Å². The molecule has 4 rings (SSSR count). The summed E-state index contributed by atoms with van der Waals surface area (Å²) >= 11 is 0. The van der Waals surface area contributed by atoms with Crippen LogP contribution >= 0.6 is 0 Å². The van der Waals surface area contributed by atoms with Gasteiger partial charge >= 0.3 is 0 Å². The standard InChI is InChI=1S/C19H21N3O4/c1-11-2-4-14(18(20)24)19(21-11)22-7-6-13(15(23)9-22)12-3-5-16-17(8-12)26-10-25-16/h2-5,8,13,15,23H,6-7,9-10H2,1H3,(H2,20,24)/t13-,15+/m0/s1. The maximum atomic E-state index is 11.7. The number of amides is 1. The number of benzene rings is 1. The number of rotatable bonds is 3. The number of ether oxygens (including phenoxy) is 2. The maximum Gasteiger partial charge on any atom is 0.252 e. The number of β-amino-alcohol motifs (C(OH)–C–C–N with tert-alkyl or cyclic N) is 1. The Morgan fingerprint density at radius 2 is 2.08 bits per heavy atom. The van der Waals surface area contributed by atoms with E-state index in [9.17, 15) is 9.90 Å². The topological polar surface area (TPSA) is 97.9 Å². The summed E-state index contributed by atoms with van der Waals surface area (Å²) in [7, 11) is 0. The maximum absolute atomic E-state index is 11.7. The van der Waals surface area contributed by atoms with Gasteiger partial charge in [0.05, 0.1) is 11.7 Å². The Morgan fingerprint density at radius 1 is 1.27 bits per heavy atom. The average molecular weight is 355 g/mol. The monoisotopic (exact) mass is 355 g/mol. The van der Waals surface area contributed by atoms with E-state index in [0.29, 0.717) is 30.2 Å². The Morgan fingerprint density at radius 3 is 2.85 bits per heavy atom. The van der Waals surface area contributed by atoms with Crippen molar-refractivity contribution >= 4 is 11.7 Å². The van der Waals surface area contributed by atoms with Crippen LogP contribution in [0.5, 0.6) is 11.5 Å². The summed E-state index contributed by atoms with van der Waals surface area (Å²) in [5.74, 6) is 1.47. The van der Waals surface area contributed by atoms with Crippen molar-refractivity contribution < 1.29 is 19.4 Å². The van der Waals surface area contributed by atoms with E-state index in [1.54, 1.807) is 12.1 Å². The molecular formula is C19H21N3O4. The second-order valence-corrected chi connectivity index (χ2v) is 6.71. The summed E-state index contributed by atoms with van der Waals surface area (Å²) in [6, 6.07) is 9.24. The number of carbonyl (C=O) groups is 1. The second kappa shape index (κ2) is 6.49. The van der Waals surface area contributed by atoms with Crippen molar-refractivity contribution in [1.82, 2.24) is 4.98 Å². The van der Waals surface area contributed by atoms with Crippen molar-refractivity contribution in [3.8, 4) is 11.5 Å². The van der Waals surface area contributed by atoms with E-state index in [4.69, 9.17) is 15.2 Å². The van der Waals surface area contributed by atoms with Gasteiger partial charge in [-0.05, 0) is 43.2 Å². The summed E-state index contributed by atoms with van der Waals surface area (Å²) < 4.78 is 10.8. The lowest BCUT2D eigenvalue weighted by Crippen LogP contribution is -2.44. The lowest BCUT2D eigenvalue weighted by atomic mass is 9.86. The van der Waals surface area contributed by atoms with Crippen LogP contribution in [-0.4, -0.2) is 42.0 Å². The highest BCUT2D eigenvalue weighted by Crippen LogP contribution is 2.38.